The number of thiazole rings is 1. The minimum Gasteiger partial charge on any atom is -0.508 e. The highest BCUT2D eigenvalue weighted by Gasteiger charge is 2.36. The third kappa shape index (κ3) is 3.88. The van der Waals surface area contributed by atoms with Gasteiger partial charge in [-0.05, 0) is 48.4 Å². The van der Waals surface area contributed by atoms with Crippen LogP contribution in [-0.4, -0.2) is 27.4 Å². The van der Waals surface area contributed by atoms with Crippen LogP contribution in [0.15, 0.2) is 58.9 Å². The lowest BCUT2D eigenvalue weighted by molar-refractivity contribution is -0.136. The quantitative estimate of drug-likeness (QED) is 0.498. The molecule has 33 heavy (non-hydrogen) atoms. The van der Waals surface area contributed by atoms with Crippen LogP contribution in [0.1, 0.15) is 24.0 Å². The zero-order valence-electron chi connectivity index (χ0n) is 17.5. The molecule has 3 aromatic rings. The van der Waals surface area contributed by atoms with E-state index in [0.717, 1.165) is 11.3 Å². The first-order valence-corrected chi connectivity index (χ1v) is 10.8. The maximum absolute atomic E-state index is 13.2. The first-order chi connectivity index (χ1) is 15.8. The fourth-order valence-corrected chi connectivity index (χ4v) is 4.84. The second kappa shape index (κ2) is 8.68. The van der Waals surface area contributed by atoms with Crippen molar-refractivity contribution in [2.24, 2.45) is 5.73 Å². The topological polar surface area (TPSA) is 139 Å². The Hall–Kier alpha value is -4.29. The van der Waals surface area contributed by atoms with Crippen molar-refractivity contribution < 1.29 is 19.7 Å². The highest BCUT2D eigenvalue weighted by Crippen LogP contribution is 2.37. The van der Waals surface area contributed by atoms with E-state index < -0.39 is 17.4 Å². The molecule has 0 bridgehead atoms. The Kier molecular flexibility index (Phi) is 5.77. The molecule has 1 aromatic heterocycles. The Bertz CT molecular complexity index is 1490. The Morgan fingerprint density at radius 3 is 2.36 bits per heavy atom. The summed E-state index contributed by atoms with van der Waals surface area (Å²) in [6, 6.07) is 14.4. The SMILES string of the molecule is CCOC(=O)C1=c2s/c(=C/c3ccc(O)cc3)c(=O)n2C(N)=C(C#N)[C@@H]1c1ccc(O)cc1. The molecule has 0 amide bonds. The second-order valence-electron chi connectivity index (χ2n) is 7.22. The predicted octanol–water partition coefficient (Wildman–Crippen LogP) is 1.31. The summed E-state index contributed by atoms with van der Waals surface area (Å²) in [5.41, 5.74) is 7.19. The number of ether oxygens (including phenoxy) is 1. The number of allylic oxidation sites excluding steroid dienone is 1. The van der Waals surface area contributed by atoms with Gasteiger partial charge in [0, 0.05) is 0 Å². The number of nitrogens with two attached hydrogens (primary N) is 1. The highest BCUT2D eigenvalue weighted by molar-refractivity contribution is 7.07. The molecule has 0 aliphatic carbocycles. The smallest absolute Gasteiger partial charge is 0.338 e. The first-order valence-electron chi connectivity index (χ1n) is 9.98. The van der Waals surface area contributed by atoms with Crippen LogP contribution in [0.5, 0.6) is 11.5 Å². The van der Waals surface area contributed by atoms with Crippen molar-refractivity contribution in [1.82, 2.24) is 4.57 Å². The summed E-state index contributed by atoms with van der Waals surface area (Å²) in [6.07, 6.45) is 1.62. The molecule has 2 aromatic carbocycles. The Morgan fingerprint density at radius 2 is 1.79 bits per heavy atom. The van der Waals surface area contributed by atoms with Crippen LogP contribution >= 0.6 is 11.3 Å². The van der Waals surface area contributed by atoms with E-state index in [1.807, 2.05) is 6.07 Å². The molecule has 4 rings (SSSR count). The van der Waals surface area contributed by atoms with Crippen molar-refractivity contribution in [3.05, 3.63) is 84.8 Å². The van der Waals surface area contributed by atoms with E-state index >= 15 is 0 Å². The van der Waals surface area contributed by atoms with Gasteiger partial charge in [0.25, 0.3) is 5.56 Å². The molecule has 0 radical (unpaired) electrons. The molecule has 2 heterocycles. The van der Waals surface area contributed by atoms with Gasteiger partial charge in [-0.2, -0.15) is 5.26 Å². The van der Waals surface area contributed by atoms with E-state index in [4.69, 9.17) is 10.5 Å². The molecule has 1 atom stereocenters. The number of phenols is 2. The fraction of sp³-hybridized carbons (Fsp3) is 0.125. The number of esters is 1. The summed E-state index contributed by atoms with van der Waals surface area (Å²) in [4.78, 5) is 26.3. The molecule has 166 valence electrons. The van der Waals surface area contributed by atoms with Crippen LogP contribution in [-0.2, 0) is 9.53 Å². The van der Waals surface area contributed by atoms with Crippen molar-refractivity contribution >= 4 is 34.8 Å². The molecule has 0 unspecified atom stereocenters. The van der Waals surface area contributed by atoms with Crippen LogP contribution in [0.3, 0.4) is 0 Å². The second-order valence-corrected chi connectivity index (χ2v) is 8.25. The lowest BCUT2D eigenvalue weighted by Gasteiger charge is -2.24. The average molecular weight is 461 g/mol. The number of hydrogen-bond acceptors (Lipinski definition) is 8. The number of carbonyl (C=O) groups is 1. The van der Waals surface area contributed by atoms with Crippen molar-refractivity contribution in [3.8, 4) is 17.6 Å². The van der Waals surface area contributed by atoms with E-state index in [1.165, 1.54) is 28.8 Å². The molecule has 9 heteroatoms. The first kappa shape index (κ1) is 21.9. The summed E-state index contributed by atoms with van der Waals surface area (Å²) < 4.78 is 7.01. The van der Waals surface area contributed by atoms with Crippen molar-refractivity contribution in [3.63, 3.8) is 0 Å². The van der Waals surface area contributed by atoms with E-state index in [-0.39, 0.29) is 39.7 Å². The summed E-state index contributed by atoms with van der Waals surface area (Å²) in [6.45, 7) is 1.77. The number of benzene rings is 2. The average Bonchev–Trinajstić information content (AvgIpc) is 3.11. The van der Waals surface area contributed by atoms with Gasteiger partial charge in [0.05, 0.1) is 34.3 Å². The molecule has 0 spiro atoms. The van der Waals surface area contributed by atoms with Crippen molar-refractivity contribution in [2.75, 3.05) is 6.61 Å². The van der Waals surface area contributed by atoms with Gasteiger partial charge in [-0.15, -0.1) is 11.3 Å². The number of rotatable bonds is 4. The van der Waals surface area contributed by atoms with Crippen LogP contribution in [0, 0.1) is 11.3 Å². The number of hydrogen-bond donors (Lipinski definition) is 3. The van der Waals surface area contributed by atoms with Gasteiger partial charge in [0.1, 0.15) is 22.0 Å². The Labute approximate surface area is 192 Å². The summed E-state index contributed by atoms with van der Waals surface area (Å²) in [5, 5.41) is 29.1. The lowest BCUT2D eigenvalue weighted by Crippen LogP contribution is -2.40. The monoisotopic (exact) mass is 461 g/mol. The number of nitrogens with zero attached hydrogens (tertiary/aromatic N) is 2. The maximum atomic E-state index is 13.2. The lowest BCUT2D eigenvalue weighted by atomic mass is 9.84. The fourth-order valence-electron chi connectivity index (χ4n) is 3.68. The molecule has 8 nitrogen and oxygen atoms in total. The molecule has 0 fully saturated rings. The number of aromatic nitrogens is 1. The van der Waals surface area contributed by atoms with E-state index in [2.05, 4.69) is 0 Å². The molecule has 1 aliphatic heterocycles. The highest BCUT2D eigenvalue weighted by atomic mass is 32.1. The van der Waals surface area contributed by atoms with Gasteiger partial charge in [-0.1, -0.05) is 24.3 Å². The van der Waals surface area contributed by atoms with Gasteiger partial charge in [-0.3, -0.25) is 9.36 Å². The van der Waals surface area contributed by atoms with Crippen LogP contribution in [0.2, 0.25) is 0 Å². The molecule has 4 N–H and O–H groups in total. The largest absolute Gasteiger partial charge is 0.508 e. The Morgan fingerprint density at radius 1 is 1.18 bits per heavy atom. The van der Waals surface area contributed by atoms with E-state index in [1.54, 1.807) is 37.3 Å². The van der Waals surface area contributed by atoms with Crippen LogP contribution < -0.4 is 20.5 Å². The third-order valence-electron chi connectivity index (χ3n) is 5.18. The van der Waals surface area contributed by atoms with Crippen molar-refractivity contribution in [1.29, 1.82) is 5.26 Å². The zero-order chi connectivity index (χ0) is 23.7. The number of fused-ring (bicyclic) bond motifs is 1. The number of phenolic OH excluding ortho intramolecular Hbond substituents is 2. The summed E-state index contributed by atoms with van der Waals surface area (Å²) in [5.74, 6) is -1.47. The minimum atomic E-state index is -0.866. The van der Waals surface area contributed by atoms with Crippen LogP contribution in [0.25, 0.3) is 17.5 Å². The Balaban J connectivity index is 2.08. The van der Waals surface area contributed by atoms with Crippen LogP contribution in [0.4, 0.5) is 0 Å². The third-order valence-corrected chi connectivity index (χ3v) is 6.29. The summed E-state index contributed by atoms with van der Waals surface area (Å²) in [7, 11) is 0. The van der Waals surface area contributed by atoms with Gasteiger partial charge < -0.3 is 20.7 Å². The van der Waals surface area contributed by atoms with Gasteiger partial charge in [0.15, 0.2) is 0 Å². The molecular formula is C24H19N3O5S. The van der Waals surface area contributed by atoms with Gasteiger partial charge >= 0.3 is 5.97 Å². The molecule has 1 aliphatic rings. The molecule has 0 saturated heterocycles. The van der Waals surface area contributed by atoms with Gasteiger partial charge in [-0.25, -0.2) is 4.79 Å². The number of nitriles is 1. The summed E-state index contributed by atoms with van der Waals surface area (Å²) >= 11 is 1.06. The standard InChI is InChI=1S/C24H19N3O5S/c1-2-32-24(31)20-19(14-5-9-16(29)10-6-14)17(12-25)21(26)27-22(30)18(33-23(20)27)11-13-3-7-15(28)8-4-13/h3-11,19,28-29H,2,26H2,1H3/b18-11+/t19-/m0/s1. The minimum absolute atomic E-state index is 0.0292. The number of aromatic hydroxyl groups is 2. The van der Waals surface area contributed by atoms with E-state index in [9.17, 15) is 25.1 Å². The predicted molar refractivity (Wildman–Crippen MR) is 123 cm³/mol. The molecular weight excluding hydrogens is 442 g/mol. The maximum Gasteiger partial charge on any atom is 0.338 e. The number of carbonyl (C=O) groups excluding carboxylic acids is 1. The molecule has 0 saturated carbocycles. The zero-order valence-corrected chi connectivity index (χ0v) is 18.3. The van der Waals surface area contributed by atoms with Gasteiger partial charge in [0.2, 0.25) is 0 Å². The normalized spacial score (nSPS) is 15.8. The van der Waals surface area contributed by atoms with Crippen molar-refractivity contribution in [2.45, 2.75) is 12.8 Å². The van der Waals surface area contributed by atoms with E-state index in [0.29, 0.717) is 15.7 Å².